The molecule has 0 saturated carbocycles. The van der Waals surface area contributed by atoms with Gasteiger partial charge in [-0.15, -0.1) is 11.3 Å². The first-order valence-corrected chi connectivity index (χ1v) is 5.72. The normalized spacial score (nSPS) is 20.2. The number of rotatable bonds is 3. The standard InChI is InChI=1S/C10H13NO3S/c1-13-10(12)9-8(3-5-15-9)14-7-2-4-11-6-7/h3,5,7,11H,2,4,6H2,1H3. The van der Waals surface area contributed by atoms with E-state index in [2.05, 4.69) is 10.1 Å². The zero-order valence-corrected chi connectivity index (χ0v) is 9.30. The highest BCUT2D eigenvalue weighted by molar-refractivity contribution is 7.12. The minimum Gasteiger partial charge on any atom is -0.487 e. The molecule has 0 aliphatic carbocycles. The van der Waals surface area contributed by atoms with Crippen molar-refractivity contribution in [2.24, 2.45) is 0 Å². The molecular formula is C10H13NO3S. The predicted octanol–water partition coefficient (Wildman–Crippen LogP) is 1.28. The molecule has 0 bridgehead atoms. The Morgan fingerprint density at radius 2 is 2.53 bits per heavy atom. The number of esters is 1. The monoisotopic (exact) mass is 227 g/mol. The summed E-state index contributed by atoms with van der Waals surface area (Å²) in [6.07, 6.45) is 1.15. The Labute approximate surface area is 92.2 Å². The molecule has 82 valence electrons. The zero-order valence-electron chi connectivity index (χ0n) is 8.49. The second-order valence-electron chi connectivity index (χ2n) is 3.34. The summed E-state index contributed by atoms with van der Waals surface area (Å²) in [4.78, 5) is 11.9. The van der Waals surface area contributed by atoms with Crippen LogP contribution in [0.4, 0.5) is 0 Å². The predicted molar refractivity (Wildman–Crippen MR) is 57.6 cm³/mol. The summed E-state index contributed by atoms with van der Waals surface area (Å²) in [7, 11) is 1.38. The number of thiophene rings is 1. The Morgan fingerprint density at radius 1 is 1.67 bits per heavy atom. The number of carbonyl (C=O) groups is 1. The van der Waals surface area contributed by atoms with E-state index in [0.29, 0.717) is 10.6 Å². The van der Waals surface area contributed by atoms with Crippen molar-refractivity contribution in [3.05, 3.63) is 16.3 Å². The molecule has 1 aliphatic rings. The molecule has 1 aromatic heterocycles. The molecule has 0 aromatic carbocycles. The van der Waals surface area contributed by atoms with E-state index in [1.54, 1.807) is 0 Å². The summed E-state index contributed by atoms with van der Waals surface area (Å²) >= 11 is 1.35. The van der Waals surface area contributed by atoms with E-state index in [4.69, 9.17) is 4.74 Å². The van der Waals surface area contributed by atoms with Crippen LogP contribution < -0.4 is 10.1 Å². The Hall–Kier alpha value is -1.07. The summed E-state index contributed by atoms with van der Waals surface area (Å²) in [5.41, 5.74) is 0. The summed E-state index contributed by atoms with van der Waals surface area (Å²) < 4.78 is 10.4. The van der Waals surface area contributed by atoms with Crippen LogP contribution >= 0.6 is 11.3 Å². The summed E-state index contributed by atoms with van der Waals surface area (Å²) in [6, 6.07) is 1.81. The van der Waals surface area contributed by atoms with E-state index in [-0.39, 0.29) is 12.1 Å². The zero-order chi connectivity index (χ0) is 10.7. The van der Waals surface area contributed by atoms with Crippen molar-refractivity contribution in [1.82, 2.24) is 5.32 Å². The first kappa shape index (κ1) is 10.4. The van der Waals surface area contributed by atoms with Crippen LogP contribution in [0.25, 0.3) is 0 Å². The van der Waals surface area contributed by atoms with E-state index < -0.39 is 0 Å². The van der Waals surface area contributed by atoms with Crippen LogP contribution in [-0.2, 0) is 4.74 Å². The van der Waals surface area contributed by atoms with Crippen LogP contribution in [0.1, 0.15) is 16.1 Å². The molecular weight excluding hydrogens is 214 g/mol. The highest BCUT2D eigenvalue weighted by Crippen LogP contribution is 2.27. The molecule has 1 unspecified atom stereocenters. The first-order chi connectivity index (χ1) is 7.31. The second-order valence-corrected chi connectivity index (χ2v) is 4.25. The van der Waals surface area contributed by atoms with Crippen molar-refractivity contribution in [1.29, 1.82) is 0 Å². The number of hydrogen-bond acceptors (Lipinski definition) is 5. The Morgan fingerprint density at radius 3 is 3.20 bits per heavy atom. The van der Waals surface area contributed by atoms with Crippen molar-refractivity contribution in [3.63, 3.8) is 0 Å². The molecule has 1 fully saturated rings. The number of methoxy groups -OCH3 is 1. The third-order valence-corrected chi connectivity index (χ3v) is 3.18. The van der Waals surface area contributed by atoms with Gasteiger partial charge in [0.05, 0.1) is 7.11 Å². The molecule has 2 rings (SSSR count). The van der Waals surface area contributed by atoms with E-state index in [9.17, 15) is 4.79 Å². The van der Waals surface area contributed by atoms with Crippen LogP contribution in [0.15, 0.2) is 11.4 Å². The third-order valence-electron chi connectivity index (χ3n) is 2.31. The van der Waals surface area contributed by atoms with Crippen molar-refractivity contribution >= 4 is 17.3 Å². The Kier molecular flexibility index (Phi) is 3.23. The first-order valence-electron chi connectivity index (χ1n) is 4.84. The van der Waals surface area contributed by atoms with E-state index in [1.807, 2.05) is 11.4 Å². The van der Waals surface area contributed by atoms with E-state index in [0.717, 1.165) is 19.5 Å². The number of ether oxygens (including phenoxy) is 2. The Balaban J connectivity index is 2.07. The van der Waals surface area contributed by atoms with Gasteiger partial charge in [-0.2, -0.15) is 0 Å². The van der Waals surface area contributed by atoms with Crippen molar-refractivity contribution in [3.8, 4) is 5.75 Å². The van der Waals surface area contributed by atoms with Gasteiger partial charge in [0.1, 0.15) is 11.9 Å². The average Bonchev–Trinajstić information content (AvgIpc) is 2.88. The molecule has 0 radical (unpaired) electrons. The quantitative estimate of drug-likeness (QED) is 0.790. The fraction of sp³-hybridized carbons (Fsp3) is 0.500. The Bertz CT molecular complexity index is 344. The molecule has 15 heavy (non-hydrogen) atoms. The topological polar surface area (TPSA) is 47.6 Å². The van der Waals surface area contributed by atoms with Gasteiger partial charge in [0.25, 0.3) is 0 Å². The average molecular weight is 227 g/mol. The molecule has 1 saturated heterocycles. The second kappa shape index (κ2) is 4.63. The van der Waals surface area contributed by atoms with Gasteiger partial charge < -0.3 is 14.8 Å². The van der Waals surface area contributed by atoms with Gasteiger partial charge in [-0.05, 0) is 24.4 Å². The molecule has 4 nitrogen and oxygen atoms in total. The van der Waals surface area contributed by atoms with E-state index in [1.165, 1.54) is 18.4 Å². The highest BCUT2D eigenvalue weighted by Gasteiger charge is 2.20. The van der Waals surface area contributed by atoms with Gasteiger partial charge in [0.2, 0.25) is 0 Å². The SMILES string of the molecule is COC(=O)c1sccc1OC1CCNC1. The molecule has 0 amide bonds. The molecule has 5 heteroatoms. The lowest BCUT2D eigenvalue weighted by Crippen LogP contribution is -2.20. The van der Waals surface area contributed by atoms with Crippen molar-refractivity contribution in [2.45, 2.75) is 12.5 Å². The lowest BCUT2D eigenvalue weighted by Gasteiger charge is -2.11. The van der Waals surface area contributed by atoms with Gasteiger partial charge in [-0.25, -0.2) is 4.79 Å². The van der Waals surface area contributed by atoms with Crippen molar-refractivity contribution in [2.75, 3.05) is 20.2 Å². The fourth-order valence-corrected chi connectivity index (χ4v) is 2.28. The molecule has 0 spiro atoms. The summed E-state index contributed by atoms with van der Waals surface area (Å²) in [5, 5.41) is 5.05. The molecule has 1 atom stereocenters. The fourth-order valence-electron chi connectivity index (χ4n) is 1.54. The van der Waals surface area contributed by atoms with Gasteiger partial charge in [0.15, 0.2) is 4.88 Å². The summed E-state index contributed by atoms with van der Waals surface area (Å²) in [6.45, 7) is 1.82. The van der Waals surface area contributed by atoms with Crippen LogP contribution in [0, 0.1) is 0 Å². The minimum absolute atomic E-state index is 0.169. The van der Waals surface area contributed by atoms with Gasteiger partial charge in [-0.1, -0.05) is 0 Å². The number of carbonyl (C=O) groups excluding carboxylic acids is 1. The van der Waals surface area contributed by atoms with Crippen LogP contribution in [-0.4, -0.2) is 32.3 Å². The number of hydrogen-bond donors (Lipinski definition) is 1. The van der Waals surface area contributed by atoms with Gasteiger partial charge in [-0.3, -0.25) is 0 Å². The van der Waals surface area contributed by atoms with Crippen molar-refractivity contribution < 1.29 is 14.3 Å². The lowest BCUT2D eigenvalue weighted by molar-refractivity contribution is 0.0600. The van der Waals surface area contributed by atoms with Crippen LogP contribution in [0.2, 0.25) is 0 Å². The van der Waals surface area contributed by atoms with Crippen LogP contribution in [0.3, 0.4) is 0 Å². The maximum absolute atomic E-state index is 11.4. The van der Waals surface area contributed by atoms with Gasteiger partial charge in [0, 0.05) is 6.54 Å². The lowest BCUT2D eigenvalue weighted by atomic mass is 10.3. The van der Waals surface area contributed by atoms with Gasteiger partial charge >= 0.3 is 5.97 Å². The summed E-state index contributed by atoms with van der Waals surface area (Å²) in [5.74, 6) is 0.312. The maximum Gasteiger partial charge on any atom is 0.351 e. The minimum atomic E-state index is -0.328. The molecule has 1 N–H and O–H groups in total. The molecule has 1 aromatic rings. The van der Waals surface area contributed by atoms with E-state index >= 15 is 0 Å². The molecule has 1 aliphatic heterocycles. The third kappa shape index (κ3) is 2.30. The highest BCUT2D eigenvalue weighted by atomic mass is 32.1. The smallest absolute Gasteiger partial charge is 0.351 e. The number of nitrogens with one attached hydrogen (secondary N) is 1. The van der Waals surface area contributed by atoms with Crippen LogP contribution in [0.5, 0.6) is 5.75 Å². The molecule has 2 heterocycles. The maximum atomic E-state index is 11.4. The largest absolute Gasteiger partial charge is 0.487 e.